The van der Waals surface area contributed by atoms with Crippen LogP contribution in [0.5, 0.6) is 0 Å². The second kappa shape index (κ2) is 7.88. The summed E-state index contributed by atoms with van der Waals surface area (Å²) in [7, 11) is 0. The Morgan fingerprint density at radius 1 is 1.30 bits per heavy atom. The summed E-state index contributed by atoms with van der Waals surface area (Å²) < 4.78 is 26.5. The van der Waals surface area contributed by atoms with Crippen LogP contribution in [0.1, 0.15) is 48.2 Å². The molecule has 3 rings (SSSR count). The van der Waals surface area contributed by atoms with Gasteiger partial charge in [0.1, 0.15) is 5.69 Å². The number of carbonyl (C=O) groups excluding carboxylic acids is 2. The molecule has 148 valence electrons. The first-order valence-corrected chi connectivity index (χ1v) is 9.34. The number of hydrogen-bond donors (Lipinski definition) is 2. The zero-order valence-electron chi connectivity index (χ0n) is 15.3. The van der Waals surface area contributed by atoms with Gasteiger partial charge in [0.05, 0.1) is 12.1 Å². The molecule has 2 fully saturated rings. The molecule has 1 aromatic rings. The first kappa shape index (κ1) is 19.7. The fourth-order valence-electron chi connectivity index (χ4n) is 3.81. The Bertz CT molecular complexity index is 703. The summed E-state index contributed by atoms with van der Waals surface area (Å²) in [6, 6.07) is 3.08. The largest absolute Gasteiger partial charge is 0.391 e. The molecular formula is C19H25F2N3O3. The van der Waals surface area contributed by atoms with E-state index in [0.29, 0.717) is 18.5 Å². The van der Waals surface area contributed by atoms with Gasteiger partial charge >= 0.3 is 0 Å². The number of aryl methyl sites for hydroxylation is 1. The number of likely N-dealkylation sites (tertiary alicyclic amines) is 1. The van der Waals surface area contributed by atoms with Gasteiger partial charge in [-0.2, -0.15) is 0 Å². The van der Waals surface area contributed by atoms with E-state index in [1.807, 2.05) is 0 Å². The number of nitrogens with one attached hydrogen (secondary N) is 1. The zero-order chi connectivity index (χ0) is 19.6. The second-order valence-electron chi connectivity index (χ2n) is 7.51. The van der Waals surface area contributed by atoms with Crippen LogP contribution in [0.3, 0.4) is 0 Å². The third kappa shape index (κ3) is 4.61. The van der Waals surface area contributed by atoms with Crippen LogP contribution in [-0.2, 0) is 4.79 Å². The lowest BCUT2D eigenvalue weighted by Crippen LogP contribution is -2.51. The highest BCUT2D eigenvalue weighted by Crippen LogP contribution is 2.31. The molecule has 8 heteroatoms. The molecule has 1 aliphatic heterocycles. The lowest BCUT2D eigenvalue weighted by molar-refractivity contribution is -0.144. The van der Waals surface area contributed by atoms with Gasteiger partial charge in [-0.15, -0.1) is 0 Å². The third-order valence-electron chi connectivity index (χ3n) is 5.51. The minimum atomic E-state index is -2.69. The highest BCUT2D eigenvalue weighted by atomic mass is 19.3. The Balaban J connectivity index is 1.54. The molecular weight excluding hydrogens is 356 g/mol. The first-order chi connectivity index (χ1) is 12.8. The number of alkyl halides is 2. The van der Waals surface area contributed by atoms with Crippen molar-refractivity contribution in [2.24, 2.45) is 5.92 Å². The summed E-state index contributed by atoms with van der Waals surface area (Å²) >= 11 is 0. The monoisotopic (exact) mass is 381 g/mol. The molecule has 0 spiro atoms. The van der Waals surface area contributed by atoms with Crippen molar-refractivity contribution in [2.75, 3.05) is 13.1 Å². The Labute approximate surface area is 157 Å². The van der Waals surface area contributed by atoms with Gasteiger partial charge in [-0.3, -0.25) is 14.6 Å². The molecule has 2 amide bonds. The predicted octanol–water partition coefficient (Wildman–Crippen LogP) is 1.91. The number of halogens is 2. The molecule has 0 aromatic carbocycles. The second-order valence-corrected chi connectivity index (χ2v) is 7.51. The van der Waals surface area contributed by atoms with Crippen molar-refractivity contribution in [3.63, 3.8) is 0 Å². The number of carbonyl (C=O) groups is 2. The zero-order valence-corrected chi connectivity index (χ0v) is 15.3. The SMILES string of the molecule is Cc1cccnc1C(=O)N[C@H]1CC[C@H](C(=O)N2CCC(F)(F)CC2)C[C@@H]1O. The van der Waals surface area contributed by atoms with Gasteiger partial charge in [0.15, 0.2) is 0 Å². The van der Waals surface area contributed by atoms with E-state index in [9.17, 15) is 23.5 Å². The summed E-state index contributed by atoms with van der Waals surface area (Å²) in [6.45, 7) is 1.89. The average molecular weight is 381 g/mol. The van der Waals surface area contributed by atoms with E-state index < -0.39 is 24.0 Å². The Morgan fingerprint density at radius 2 is 2.00 bits per heavy atom. The smallest absolute Gasteiger partial charge is 0.270 e. The highest BCUT2D eigenvalue weighted by molar-refractivity contribution is 5.93. The van der Waals surface area contributed by atoms with Crippen molar-refractivity contribution in [1.82, 2.24) is 15.2 Å². The summed E-state index contributed by atoms with van der Waals surface area (Å²) in [6.07, 6.45) is 1.25. The van der Waals surface area contributed by atoms with E-state index >= 15 is 0 Å². The van der Waals surface area contributed by atoms with E-state index in [1.165, 1.54) is 11.1 Å². The number of aliphatic hydroxyl groups excluding tert-OH is 1. The van der Waals surface area contributed by atoms with Crippen LogP contribution in [0.25, 0.3) is 0 Å². The third-order valence-corrected chi connectivity index (χ3v) is 5.51. The maximum Gasteiger partial charge on any atom is 0.270 e. The number of nitrogens with zero attached hydrogens (tertiary/aromatic N) is 2. The lowest BCUT2D eigenvalue weighted by atomic mass is 9.82. The van der Waals surface area contributed by atoms with E-state index in [4.69, 9.17) is 0 Å². The maximum atomic E-state index is 13.3. The molecule has 2 N–H and O–H groups in total. The molecule has 0 radical (unpaired) electrons. The molecule has 27 heavy (non-hydrogen) atoms. The average Bonchev–Trinajstić information content (AvgIpc) is 2.63. The van der Waals surface area contributed by atoms with Crippen LogP contribution >= 0.6 is 0 Å². The van der Waals surface area contributed by atoms with Gasteiger partial charge in [0, 0.05) is 38.0 Å². The highest BCUT2D eigenvalue weighted by Gasteiger charge is 2.40. The fourth-order valence-corrected chi connectivity index (χ4v) is 3.81. The van der Waals surface area contributed by atoms with E-state index in [0.717, 1.165) is 5.56 Å². The molecule has 0 unspecified atom stereocenters. The Kier molecular flexibility index (Phi) is 5.74. The molecule has 3 atom stereocenters. The van der Waals surface area contributed by atoms with Gasteiger partial charge in [-0.25, -0.2) is 8.78 Å². The number of aromatic nitrogens is 1. The minimum absolute atomic E-state index is 0.0531. The number of pyridine rings is 1. The molecule has 1 aliphatic carbocycles. The van der Waals surface area contributed by atoms with Gasteiger partial charge < -0.3 is 15.3 Å². The normalized spacial score (nSPS) is 27.9. The molecule has 2 heterocycles. The first-order valence-electron chi connectivity index (χ1n) is 9.34. The Hall–Kier alpha value is -2.09. The van der Waals surface area contributed by atoms with Crippen molar-refractivity contribution in [1.29, 1.82) is 0 Å². The number of aliphatic hydroxyl groups is 1. The summed E-state index contributed by atoms with van der Waals surface area (Å²) in [5, 5.41) is 13.2. The van der Waals surface area contributed by atoms with Gasteiger partial charge in [-0.1, -0.05) is 6.07 Å². The van der Waals surface area contributed by atoms with Crippen LogP contribution < -0.4 is 5.32 Å². The van der Waals surface area contributed by atoms with Crippen LogP contribution in [0.2, 0.25) is 0 Å². The molecule has 1 saturated heterocycles. The summed E-state index contributed by atoms with van der Waals surface area (Å²) in [4.78, 5) is 30.5. The summed E-state index contributed by atoms with van der Waals surface area (Å²) in [5.74, 6) is -3.60. The van der Waals surface area contributed by atoms with E-state index in [-0.39, 0.29) is 44.2 Å². The van der Waals surface area contributed by atoms with Gasteiger partial charge in [0.25, 0.3) is 11.8 Å². The van der Waals surface area contributed by atoms with Gasteiger partial charge in [-0.05, 0) is 37.8 Å². The number of amides is 2. The maximum absolute atomic E-state index is 13.3. The van der Waals surface area contributed by atoms with Crippen LogP contribution in [0, 0.1) is 12.8 Å². The topological polar surface area (TPSA) is 82.5 Å². The number of piperidine rings is 1. The van der Waals surface area contributed by atoms with Crippen LogP contribution in [0.4, 0.5) is 8.78 Å². The number of hydrogen-bond acceptors (Lipinski definition) is 4. The molecule has 0 bridgehead atoms. The van der Waals surface area contributed by atoms with Crippen molar-refractivity contribution in [3.8, 4) is 0 Å². The van der Waals surface area contributed by atoms with Crippen LogP contribution in [0.15, 0.2) is 18.3 Å². The standard InChI is InChI=1S/C19H25F2N3O3/c1-12-3-2-8-22-16(12)17(26)23-14-5-4-13(11-15(14)25)18(27)24-9-6-19(20,21)7-10-24/h2-3,8,13-15,25H,4-7,9-11H2,1H3,(H,23,26)/t13-,14-,15-/m0/s1. The Morgan fingerprint density at radius 3 is 2.63 bits per heavy atom. The van der Waals surface area contributed by atoms with Crippen molar-refractivity contribution < 1.29 is 23.5 Å². The summed E-state index contributed by atoms with van der Waals surface area (Å²) in [5.41, 5.74) is 1.06. The number of rotatable bonds is 3. The quantitative estimate of drug-likeness (QED) is 0.838. The molecule has 6 nitrogen and oxygen atoms in total. The lowest BCUT2D eigenvalue weighted by Gasteiger charge is -2.38. The molecule has 2 aliphatic rings. The minimum Gasteiger partial charge on any atom is -0.391 e. The molecule has 1 aromatic heterocycles. The fraction of sp³-hybridized carbons (Fsp3) is 0.632. The molecule has 1 saturated carbocycles. The van der Waals surface area contributed by atoms with Crippen molar-refractivity contribution in [3.05, 3.63) is 29.6 Å². The van der Waals surface area contributed by atoms with Crippen LogP contribution in [-0.4, -0.2) is 58.0 Å². The van der Waals surface area contributed by atoms with E-state index in [1.54, 1.807) is 19.1 Å². The van der Waals surface area contributed by atoms with Crippen molar-refractivity contribution in [2.45, 2.75) is 57.1 Å². The predicted molar refractivity (Wildman–Crippen MR) is 94.3 cm³/mol. The van der Waals surface area contributed by atoms with E-state index in [2.05, 4.69) is 10.3 Å². The van der Waals surface area contributed by atoms with Crippen molar-refractivity contribution >= 4 is 11.8 Å². The van der Waals surface area contributed by atoms with Gasteiger partial charge in [0.2, 0.25) is 5.91 Å².